The number of hydrogen-bond acceptors (Lipinski definition) is 4. The van der Waals surface area contributed by atoms with Gasteiger partial charge in [-0.15, -0.1) is 0 Å². The molecule has 0 unspecified atom stereocenters. The van der Waals surface area contributed by atoms with Gasteiger partial charge in [-0.3, -0.25) is 4.98 Å². The first-order valence-corrected chi connectivity index (χ1v) is 6.37. The molecular weight excluding hydrogens is 248 g/mol. The molecule has 0 spiro atoms. The Bertz CT molecular complexity index is 710. The van der Waals surface area contributed by atoms with Crippen molar-refractivity contribution in [2.75, 3.05) is 5.73 Å². The van der Waals surface area contributed by atoms with E-state index in [1.54, 1.807) is 18.7 Å². The zero-order chi connectivity index (χ0) is 13.8. The van der Waals surface area contributed by atoms with E-state index < -0.39 is 0 Å². The summed E-state index contributed by atoms with van der Waals surface area (Å²) >= 11 is 0. The summed E-state index contributed by atoms with van der Waals surface area (Å²) in [7, 11) is 0. The van der Waals surface area contributed by atoms with E-state index in [9.17, 15) is 0 Å². The van der Waals surface area contributed by atoms with Crippen LogP contribution in [0.25, 0.3) is 11.3 Å². The lowest BCUT2D eigenvalue weighted by Gasteiger charge is -2.05. The van der Waals surface area contributed by atoms with Crippen LogP contribution in [-0.2, 0) is 6.42 Å². The maximum Gasteiger partial charge on any atom is 0.116 e. The van der Waals surface area contributed by atoms with Crippen LogP contribution < -0.4 is 5.73 Å². The van der Waals surface area contributed by atoms with E-state index in [2.05, 4.69) is 15.0 Å². The van der Waals surface area contributed by atoms with Gasteiger partial charge in [-0.05, 0) is 35.9 Å². The van der Waals surface area contributed by atoms with Crippen molar-refractivity contribution in [1.29, 1.82) is 0 Å². The lowest BCUT2D eigenvalue weighted by molar-refractivity contribution is 1.03. The van der Waals surface area contributed by atoms with Gasteiger partial charge in [0.2, 0.25) is 0 Å². The number of nitrogens with two attached hydrogens (primary N) is 1. The predicted octanol–water partition coefficient (Wildman–Crippen LogP) is 2.71. The molecule has 0 saturated heterocycles. The molecule has 3 aromatic rings. The first-order valence-electron chi connectivity index (χ1n) is 6.37. The Morgan fingerprint density at radius 2 is 1.80 bits per heavy atom. The van der Waals surface area contributed by atoms with Crippen LogP contribution in [0.3, 0.4) is 0 Å². The van der Waals surface area contributed by atoms with Crippen molar-refractivity contribution in [3.8, 4) is 11.3 Å². The number of pyridine rings is 1. The van der Waals surface area contributed by atoms with E-state index in [-0.39, 0.29) is 0 Å². The first-order chi connectivity index (χ1) is 9.81. The van der Waals surface area contributed by atoms with Crippen LogP contribution in [0, 0.1) is 0 Å². The first kappa shape index (κ1) is 12.3. The molecule has 2 N–H and O–H groups in total. The summed E-state index contributed by atoms with van der Waals surface area (Å²) in [5.74, 6) is 0. The number of benzene rings is 1. The summed E-state index contributed by atoms with van der Waals surface area (Å²) in [6.07, 6.45) is 5.85. The smallest absolute Gasteiger partial charge is 0.116 e. The van der Waals surface area contributed by atoms with Crippen molar-refractivity contribution >= 4 is 5.69 Å². The summed E-state index contributed by atoms with van der Waals surface area (Å²) in [5, 5.41) is 0. The summed E-state index contributed by atoms with van der Waals surface area (Å²) in [6.45, 7) is 0. The SMILES string of the molecule is Nc1cccc(Cc2cc(-c3ccncc3)ncn2)c1. The number of hydrogen-bond donors (Lipinski definition) is 1. The molecule has 0 radical (unpaired) electrons. The number of rotatable bonds is 3. The summed E-state index contributed by atoms with van der Waals surface area (Å²) in [6, 6.07) is 13.7. The number of aromatic nitrogens is 3. The number of nitrogen functional groups attached to an aromatic ring is 1. The molecule has 0 aliphatic rings. The molecule has 20 heavy (non-hydrogen) atoms. The average Bonchev–Trinajstić information content (AvgIpc) is 2.48. The average molecular weight is 262 g/mol. The lowest BCUT2D eigenvalue weighted by atomic mass is 10.1. The number of anilines is 1. The zero-order valence-corrected chi connectivity index (χ0v) is 10.9. The highest BCUT2D eigenvalue weighted by molar-refractivity contribution is 5.58. The third-order valence-corrected chi connectivity index (χ3v) is 3.04. The Balaban J connectivity index is 1.88. The second-order valence-electron chi connectivity index (χ2n) is 4.55. The molecule has 3 rings (SSSR count). The van der Waals surface area contributed by atoms with Crippen molar-refractivity contribution in [1.82, 2.24) is 15.0 Å². The van der Waals surface area contributed by atoms with Crippen LogP contribution in [0.1, 0.15) is 11.3 Å². The molecule has 4 nitrogen and oxygen atoms in total. The Labute approximate surface area is 117 Å². The van der Waals surface area contributed by atoms with Crippen molar-refractivity contribution in [3.63, 3.8) is 0 Å². The van der Waals surface area contributed by atoms with E-state index >= 15 is 0 Å². The highest BCUT2D eigenvalue weighted by atomic mass is 14.8. The van der Waals surface area contributed by atoms with Gasteiger partial charge in [-0.1, -0.05) is 12.1 Å². The monoisotopic (exact) mass is 262 g/mol. The summed E-state index contributed by atoms with van der Waals surface area (Å²) < 4.78 is 0. The third kappa shape index (κ3) is 2.80. The van der Waals surface area contributed by atoms with E-state index in [1.165, 1.54) is 0 Å². The topological polar surface area (TPSA) is 64.7 Å². The quantitative estimate of drug-likeness (QED) is 0.737. The normalized spacial score (nSPS) is 10.4. The minimum atomic E-state index is 0.742. The summed E-state index contributed by atoms with van der Waals surface area (Å²) in [5.41, 5.74) is 10.6. The maximum absolute atomic E-state index is 5.79. The molecule has 0 aliphatic heterocycles. The van der Waals surface area contributed by atoms with Crippen molar-refractivity contribution in [3.05, 3.63) is 72.4 Å². The van der Waals surface area contributed by atoms with Gasteiger partial charge in [0.1, 0.15) is 6.33 Å². The Hall–Kier alpha value is -2.75. The van der Waals surface area contributed by atoms with E-state index in [4.69, 9.17) is 5.73 Å². The molecule has 0 fully saturated rings. The predicted molar refractivity (Wildman–Crippen MR) is 78.9 cm³/mol. The molecule has 0 aliphatic carbocycles. The van der Waals surface area contributed by atoms with Gasteiger partial charge in [0.05, 0.1) is 5.69 Å². The fraction of sp³-hybridized carbons (Fsp3) is 0.0625. The fourth-order valence-corrected chi connectivity index (χ4v) is 2.09. The lowest BCUT2D eigenvalue weighted by Crippen LogP contribution is -1.96. The Morgan fingerprint density at radius 1 is 0.950 bits per heavy atom. The van der Waals surface area contributed by atoms with E-state index in [1.807, 2.05) is 42.5 Å². The third-order valence-electron chi connectivity index (χ3n) is 3.04. The van der Waals surface area contributed by atoms with Gasteiger partial charge in [0.15, 0.2) is 0 Å². The van der Waals surface area contributed by atoms with Crippen LogP contribution in [0.15, 0.2) is 61.2 Å². The van der Waals surface area contributed by atoms with E-state index in [0.717, 1.165) is 34.6 Å². The molecule has 0 saturated carbocycles. The fourth-order valence-electron chi connectivity index (χ4n) is 2.09. The molecule has 0 amide bonds. The number of nitrogens with zero attached hydrogens (tertiary/aromatic N) is 3. The Kier molecular flexibility index (Phi) is 3.37. The minimum absolute atomic E-state index is 0.742. The second-order valence-corrected chi connectivity index (χ2v) is 4.55. The highest BCUT2D eigenvalue weighted by Crippen LogP contribution is 2.17. The van der Waals surface area contributed by atoms with Gasteiger partial charge in [0.25, 0.3) is 0 Å². The van der Waals surface area contributed by atoms with Crippen molar-refractivity contribution in [2.24, 2.45) is 0 Å². The molecule has 0 atom stereocenters. The molecule has 2 heterocycles. The van der Waals surface area contributed by atoms with Crippen LogP contribution in [-0.4, -0.2) is 15.0 Å². The molecular formula is C16H14N4. The van der Waals surface area contributed by atoms with Crippen molar-refractivity contribution in [2.45, 2.75) is 6.42 Å². The highest BCUT2D eigenvalue weighted by Gasteiger charge is 2.03. The molecule has 98 valence electrons. The molecule has 4 heteroatoms. The van der Waals surface area contributed by atoms with Gasteiger partial charge >= 0.3 is 0 Å². The largest absolute Gasteiger partial charge is 0.399 e. The second kappa shape index (κ2) is 5.48. The standard InChI is InChI=1S/C16H14N4/c17-14-3-1-2-12(8-14)9-15-10-16(20-11-19-15)13-4-6-18-7-5-13/h1-8,10-11H,9,17H2. The van der Waals surface area contributed by atoms with E-state index in [0.29, 0.717) is 0 Å². The van der Waals surface area contributed by atoms with Crippen LogP contribution in [0.4, 0.5) is 5.69 Å². The zero-order valence-electron chi connectivity index (χ0n) is 10.9. The maximum atomic E-state index is 5.79. The molecule has 1 aromatic carbocycles. The van der Waals surface area contributed by atoms with Crippen LogP contribution in [0.2, 0.25) is 0 Å². The van der Waals surface area contributed by atoms with Crippen molar-refractivity contribution < 1.29 is 0 Å². The molecule has 2 aromatic heterocycles. The van der Waals surface area contributed by atoms with Gasteiger partial charge in [-0.25, -0.2) is 9.97 Å². The van der Waals surface area contributed by atoms with Crippen LogP contribution >= 0.6 is 0 Å². The van der Waals surface area contributed by atoms with Gasteiger partial charge < -0.3 is 5.73 Å². The Morgan fingerprint density at radius 3 is 2.60 bits per heavy atom. The van der Waals surface area contributed by atoms with Gasteiger partial charge in [0, 0.05) is 35.8 Å². The molecule has 0 bridgehead atoms. The van der Waals surface area contributed by atoms with Crippen LogP contribution in [0.5, 0.6) is 0 Å². The summed E-state index contributed by atoms with van der Waals surface area (Å²) in [4.78, 5) is 12.6. The van der Waals surface area contributed by atoms with Gasteiger partial charge in [-0.2, -0.15) is 0 Å². The minimum Gasteiger partial charge on any atom is -0.399 e.